The average molecular weight is 263 g/mol. The first kappa shape index (κ1) is 15.4. The fraction of sp³-hybridized carbons (Fsp3) is 0.467. The summed E-state index contributed by atoms with van der Waals surface area (Å²) in [5, 5.41) is 13.3. The maximum absolute atomic E-state index is 10.2. The molecular weight excluding hydrogens is 242 g/mol. The largest absolute Gasteiger partial charge is 0.497 e. The number of rotatable bonds is 7. The van der Waals surface area contributed by atoms with Crippen LogP contribution in [-0.2, 0) is 0 Å². The lowest BCUT2D eigenvalue weighted by molar-refractivity contribution is 0.167. The Bertz CT molecular complexity index is 440. The van der Waals surface area contributed by atoms with Crippen molar-refractivity contribution >= 4 is 0 Å². The summed E-state index contributed by atoms with van der Waals surface area (Å²) in [6.07, 6.45) is 5.49. The van der Waals surface area contributed by atoms with Crippen molar-refractivity contribution in [2.45, 2.75) is 25.5 Å². The van der Waals surface area contributed by atoms with Gasteiger partial charge < -0.3 is 19.9 Å². The number of terminal acetylenes is 1. The van der Waals surface area contributed by atoms with Crippen LogP contribution in [0.4, 0.5) is 0 Å². The number of methoxy groups -OCH3 is 2. The molecule has 2 unspecified atom stereocenters. The average Bonchev–Trinajstić information content (AvgIpc) is 2.47. The van der Waals surface area contributed by atoms with Crippen molar-refractivity contribution < 1.29 is 14.6 Å². The lowest BCUT2D eigenvalue weighted by atomic mass is 10.1. The highest BCUT2D eigenvalue weighted by Gasteiger charge is 2.15. The number of hydrogen-bond donors (Lipinski definition) is 2. The maximum atomic E-state index is 10.2. The molecule has 0 fully saturated rings. The van der Waals surface area contributed by atoms with Gasteiger partial charge in [0.1, 0.15) is 11.5 Å². The van der Waals surface area contributed by atoms with Crippen LogP contribution in [0.25, 0.3) is 0 Å². The zero-order valence-corrected chi connectivity index (χ0v) is 11.6. The molecule has 2 N–H and O–H groups in total. The minimum Gasteiger partial charge on any atom is -0.497 e. The normalized spacial score (nSPS) is 13.4. The fourth-order valence-electron chi connectivity index (χ4n) is 1.78. The number of aliphatic hydroxyl groups is 1. The molecule has 1 rings (SSSR count). The van der Waals surface area contributed by atoms with Crippen LogP contribution in [0.2, 0.25) is 0 Å². The van der Waals surface area contributed by atoms with E-state index in [0.717, 1.165) is 6.42 Å². The van der Waals surface area contributed by atoms with E-state index in [-0.39, 0.29) is 6.04 Å². The Morgan fingerprint density at radius 2 is 2.11 bits per heavy atom. The van der Waals surface area contributed by atoms with Crippen molar-refractivity contribution in [3.8, 4) is 23.8 Å². The Hall–Kier alpha value is -1.70. The molecule has 2 atom stereocenters. The van der Waals surface area contributed by atoms with Crippen molar-refractivity contribution in [2.75, 3.05) is 20.8 Å². The van der Waals surface area contributed by atoms with Gasteiger partial charge in [0.2, 0.25) is 0 Å². The van der Waals surface area contributed by atoms with Crippen molar-refractivity contribution in [3.05, 3.63) is 23.8 Å². The van der Waals surface area contributed by atoms with Gasteiger partial charge in [0, 0.05) is 12.1 Å². The van der Waals surface area contributed by atoms with Crippen LogP contribution < -0.4 is 14.8 Å². The second-order valence-corrected chi connectivity index (χ2v) is 4.16. The Labute approximate surface area is 114 Å². The molecule has 4 nitrogen and oxygen atoms in total. The first-order chi connectivity index (χ1) is 9.15. The van der Waals surface area contributed by atoms with E-state index in [1.807, 2.05) is 6.92 Å². The molecule has 0 amide bonds. The molecule has 0 aliphatic carbocycles. The molecule has 0 aromatic heterocycles. The second-order valence-electron chi connectivity index (χ2n) is 4.16. The van der Waals surface area contributed by atoms with E-state index in [0.29, 0.717) is 23.6 Å². The summed E-state index contributed by atoms with van der Waals surface area (Å²) in [6.45, 7) is 2.36. The van der Waals surface area contributed by atoms with Gasteiger partial charge in [0.15, 0.2) is 0 Å². The number of benzene rings is 1. The molecule has 0 heterocycles. The van der Waals surface area contributed by atoms with E-state index < -0.39 is 6.10 Å². The third-order valence-electron chi connectivity index (χ3n) is 2.96. The van der Waals surface area contributed by atoms with Crippen LogP contribution in [0.15, 0.2) is 18.2 Å². The maximum Gasteiger partial charge on any atom is 0.124 e. The summed E-state index contributed by atoms with van der Waals surface area (Å²) >= 11 is 0. The molecular formula is C15H21NO3. The molecule has 0 radical (unpaired) electrons. The van der Waals surface area contributed by atoms with Crippen molar-refractivity contribution in [3.63, 3.8) is 0 Å². The molecule has 0 saturated heterocycles. The summed E-state index contributed by atoms with van der Waals surface area (Å²) in [5.41, 5.74) is 0.682. The van der Waals surface area contributed by atoms with Crippen LogP contribution in [0.1, 0.15) is 25.0 Å². The smallest absolute Gasteiger partial charge is 0.124 e. The molecule has 1 aromatic rings. The molecule has 0 bridgehead atoms. The molecule has 0 saturated carbocycles. The van der Waals surface area contributed by atoms with Gasteiger partial charge in [-0.2, -0.15) is 0 Å². The van der Waals surface area contributed by atoms with Gasteiger partial charge in [0.05, 0.1) is 26.4 Å². The SMILES string of the molecule is C#CC(CC)NCC(O)c1cc(OC)ccc1OC. The molecule has 19 heavy (non-hydrogen) atoms. The van der Waals surface area contributed by atoms with Gasteiger partial charge in [-0.05, 0) is 24.6 Å². The van der Waals surface area contributed by atoms with Gasteiger partial charge in [0.25, 0.3) is 0 Å². The first-order valence-electron chi connectivity index (χ1n) is 6.25. The summed E-state index contributed by atoms with van der Waals surface area (Å²) in [7, 11) is 3.16. The zero-order chi connectivity index (χ0) is 14.3. The summed E-state index contributed by atoms with van der Waals surface area (Å²) in [4.78, 5) is 0. The van der Waals surface area contributed by atoms with E-state index in [1.54, 1.807) is 32.4 Å². The topological polar surface area (TPSA) is 50.7 Å². The van der Waals surface area contributed by atoms with Crippen LogP contribution in [0, 0.1) is 12.3 Å². The highest BCUT2D eigenvalue weighted by Crippen LogP contribution is 2.29. The fourth-order valence-corrected chi connectivity index (χ4v) is 1.78. The predicted molar refractivity (Wildman–Crippen MR) is 75.4 cm³/mol. The van der Waals surface area contributed by atoms with Gasteiger partial charge in [-0.1, -0.05) is 12.8 Å². The molecule has 0 aliphatic heterocycles. The quantitative estimate of drug-likeness (QED) is 0.736. The number of aliphatic hydroxyl groups excluding tert-OH is 1. The van der Waals surface area contributed by atoms with E-state index in [2.05, 4.69) is 11.2 Å². The molecule has 0 aliphatic rings. The molecule has 104 valence electrons. The van der Waals surface area contributed by atoms with Gasteiger partial charge >= 0.3 is 0 Å². The van der Waals surface area contributed by atoms with E-state index in [1.165, 1.54) is 0 Å². The van der Waals surface area contributed by atoms with Crippen LogP contribution in [0.5, 0.6) is 11.5 Å². The third-order valence-corrected chi connectivity index (χ3v) is 2.96. The minimum atomic E-state index is -0.701. The molecule has 4 heteroatoms. The Kier molecular flexibility index (Phi) is 6.20. The summed E-state index contributed by atoms with van der Waals surface area (Å²) in [5.74, 6) is 3.94. The van der Waals surface area contributed by atoms with Crippen molar-refractivity contribution in [1.82, 2.24) is 5.32 Å². The van der Waals surface area contributed by atoms with Crippen molar-refractivity contribution in [2.24, 2.45) is 0 Å². The Morgan fingerprint density at radius 1 is 1.37 bits per heavy atom. The van der Waals surface area contributed by atoms with E-state index in [4.69, 9.17) is 15.9 Å². The minimum absolute atomic E-state index is 0.0359. The second kappa shape index (κ2) is 7.67. The Morgan fingerprint density at radius 3 is 2.63 bits per heavy atom. The first-order valence-corrected chi connectivity index (χ1v) is 6.25. The number of hydrogen-bond acceptors (Lipinski definition) is 4. The summed E-state index contributed by atoms with van der Waals surface area (Å²) in [6, 6.07) is 5.29. The molecule has 0 spiro atoms. The van der Waals surface area contributed by atoms with Gasteiger partial charge in [-0.25, -0.2) is 0 Å². The molecule has 1 aromatic carbocycles. The van der Waals surface area contributed by atoms with Crippen LogP contribution in [0.3, 0.4) is 0 Å². The number of ether oxygens (including phenoxy) is 2. The van der Waals surface area contributed by atoms with Gasteiger partial charge in [-0.3, -0.25) is 0 Å². The highest BCUT2D eigenvalue weighted by molar-refractivity contribution is 5.41. The highest BCUT2D eigenvalue weighted by atomic mass is 16.5. The van der Waals surface area contributed by atoms with Gasteiger partial charge in [-0.15, -0.1) is 6.42 Å². The number of nitrogens with one attached hydrogen (secondary N) is 1. The lowest BCUT2D eigenvalue weighted by Crippen LogP contribution is -2.31. The predicted octanol–water partition coefficient (Wildman–Crippen LogP) is 1.74. The summed E-state index contributed by atoms with van der Waals surface area (Å²) < 4.78 is 10.4. The third kappa shape index (κ3) is 4.16. The zero-order valence-electron chi connectivity index (χ0n) is 11.6. The Balaban J connectivity index is 2.80. The standard InChI is InChI=1S/C15H21NO3/c1-5-11(6-2)16-10-14(17)13-9-12(18-3)7-8-15(13)19-4/h1,7-9,11,14,16-17H,6,10H2,2-4H3. The lowest BCUT2D eigenvalue weighted by Gasteiger charge is -2.18. The van der Waals surface area contributed by atoms with Crippen molar-refractivity contribution in [1.29, 1.82) is 0 Å². The monoisotopic (exact) mass is 263 g/mol. The van der Waals surface area contributed by atoms with E-state index in [9.17, 15) is 5.11 Å². The van der Waals surface area contributed by atoms with Crippen LogP contribution in [-0.4, -0.2) is 31.9 Å². The van der Waals surface area contributed by atoms with E-state index >= 15 is 0 Å². The van der Waals surface area contributed by atoms with Crippen LogP contribution >= 0.6 is 0 Å².